The van der Waals surface area contributed by atoms with E-state index in [1.54, 1.807) is 7.05 Å². The van der Waals surface area contributed by atoms with Crippen molar-refractivity contribution in [3.05, 3.63) is 12.2 Å². The van der Waals surface area contributed by atoms with Crippen LogP contribution in [-0.4, -0.2) is 64.8 Å². The largest absolute Gasteiger partial charge is 0.394 e. The molecule has 0 spiro atoms. The minimum Gasteiger partial charge on any atom is -0.394 e. The van der Waals surface area contributed by atoms with Gasteiger partial charge >= 0.3 is 0 Å². The first-order valence-corrected chi connectivity index (χ1v) is 9.95. The number of carbonyl (C=O) groups is 1. The van der Waals surface area contributed by atoms with Gasteiger partial charge in [0.1, 0.15) is 11.1 Å². The van der Waals surface area contributed by atoms with Crippen LogP contribution in [0.2, 0.25) is 0 Å². The van der Waals surface area contributed by atoms with Gasteiger partial charge in [0, 0.05) is 26.0 Å². The van der Waals surface area contributed by atoms with Crippen molar-refractivity contribution >= 4 is 5.91 Å². The van der Waals surface area contributed by atoms with E-state index < -0.39 is 29.5 Å². The highest BCUT2D eigenvalue weighted by molar-refractivity contribution is 5.85. The van der Waals surface area contributed by atoms with Crippen molar-refractivity contribution in [2.75, 3.05) is 20.3 Å². The molecule has 1 amide bonds. The predicted molar refractivity (Wildman–Crippen MR) is 97.3 cm³/mol. The summed E-state index contributed by atoms with van der Waals surface area (Å²) in [5.74, 6) is -0.583. The minimum absolute atomic E-state index is 0.0815. The normalized spacial score (nSPS) is 40.9. The Morgan fingerprint density at radius 2 is 2.27 bits per heavy atom. The first kappa shape index (κ1) is 19.8. The lowest BCUT2D eigenvalue weighted by molar-refractivity contribution is -0.223. The molecule has 0 aromatic carbocycles. The second-order valence-electron chi connectivity index (χ2n) is 8.11. The van der Waals surface area contributed by atoms with Crippen LogP contribution in [0, 0.1) is 11.8 Å². The van der Waals surface area contributed by atoms with Gasteiger partial charge in [0.05, 0.1) is 18.6 Å². The average Bonchev–Trinajstić information content (AvgIpc) is 3.06. The number of amides is 1. The Kier molecular flexibility index (Phi) is 5.78. The molecule has 0 bridgehead atoms. The van der Waals surface area contributed by atoms with E-state index in [1.807, 2.05) is 13.0 Å². The van der Waals surface area contributed by atoms with E-state index in [9.17, 15) is 15.0 Å². The monoisotopic (exact) mass is 367 g/mol. The fourth-order valence-corrected chi connectivity index (χ4v) is 5.09. The second-order valence-corrected chi connectivity index (χ2v) is 8.11. The quantitative estimate of drug-likeness (QED) is 0.530. The number of likely N-dealkylation sites (tertiary alicyclic amines) is 1. The number of aliphatic hydroxyl groups is 2. The van der Waals surface area contributed by atoms with Gasteiger partial charge in [-0.1, -0.05) is 25.5 Å². The molecule has 2 aliphatic heterocycles. The zero-order valence-corrected chi connectivity index (χ0v) is 16.2. The zero-order chi connectivity index (χ0) is 18.9. The molecule has 1 unspecified atom stereocenters. The van der Waals surface area contributed by atoms with Gasteiger partial charge < -0.3 is 24.6 Å². The van der Waals surface area contributed by atoms with Gasteiger partial charge in [0.2, 0.25) is 5.91 Å². The van der Waals surface area contributed by atoms with Gasteiger partial charge in [-0.3, -0.25) is 4.79 Å². The Morgan fingerprint density at radius 1 is 1.50 bits per heavy atom. The molecule has 148 valence electrons. The van der Waals surface area contributed by atoms with Crippen LogP contribution in [0.5, 0.6) is 0 Å². The minimum atomic E-state index is -1.16. The van der Waals surface area contributed by atoms with Gasteiger partial charge in [-0.05, 0) is 32.6 Å². The van der Waals surface area contributed by atoms with E-state index in [1.165, 1.54) is 4.90 Å². The third-order valence-corrected chi connectivity index (χ3v) is 6.79. The number of ether oxygens (including phenoxy) is 2. The standard InChI is InChI=1S/C20H33NO5/c1-4-5-11-25-16-12-15-18(24)21(3)20(13-22,19(15,2)26-16)17(23)14-9-7-6-8-10-14/h7,9,14-17,22-23H,4-6,8,10-13H2,1-3H3/t14-,15+,16?,17+,19+,20-/m1/s1. The van der Waals surface area contributed by atoms with Gasteiger partial charge in [-0.15, -0.1) is 0 Å². The first-order valence-electron chi connectivity index (χ1n) is 9.95. The van der Waals surface area contributed by atoms with Crippen LogP contribution in [0.4, 0.5) is 0 Å². The molecule has 1 aliphatic carbocycles. The molecule has 3 rings (SSSR count). The van der Waals surface area contributed by atoms with E-state index in [2.05, 4.69) is 13.0 Å². The smallest absolute Gasteiger partial charge is 0.229 e. The summed E-state index contributed by atoms with van der Waals surface area (Å²) in [6.07, 6.45) is 8.04. The molecule has 6 nitrogen and oxygen atoms in total. The van der Waals surface area contributed by atoms with Crippen molar-refractivity contribution in [1.82, 2.24) is 4.90 Å². The van der Waals surface area contributed by atoms with Crippen LogP contribution >= 0.6 is 0 Å². The lowest BCUT2D eigenvalue weighted by Crippen LogP contribution is -2.68. The summed E-state index contributed by atoms with van der Waals surface area (Å²) >= 11 is 0. The van der Waals surface area contributed by atoms with Gasteiger partial charge in [0.25, 0.3) is 0 Å². The summed E-state index contributed by atoms with van der Waals surface area (Å²) in [7, 11) is 1.67. The predicted octanol–water partition coefficient (Wildman–Crippen LogP) is 1.84. The lowest BCUT2D eigenvalue weighted by Gasteiger charge is -2.49. The van der Waals surface area contributed by atoms with Gasteiger partial charge in [-0.25, -0.2) is 0 Å². The molecular formula is C20H33NO5. The van der Waals surface area contributed by atoms with Crippen LogP contribution in [0.15, 0.2) is 12.2 Å². The molecule has 0 saturated carbocycles. The summed E-state index contributed by atoms with van der Waals surface area (Å²) in [5.41, 5.74) is -2.14. The number of nitrogens with zero attached hydrogens (tertiary/aromatic N) is 1. The van der Waals surface area contributed by atoms with Gasteiger partial charge in [-0.2, -0.15) is 0 Å². The number of likely N-dealkylation sites (N-methyl/N-ethyl adjacent to an activating group) is 1. The summed E-state index contributed by atoms with van der Waals surface area (Å²) < 4.78 is 12.1. The van der Waals surface area contributed by atoms with Crippen LogP contribution in [0.25, 0.3) is 0 Å². The number of hydrogen-bond acceptors (Lipinski definition) is 5. The third kappa shape index (κ3) is 2.82. The summed E-state index contributed by atoms with van der Waals surface area (Å²) in [6, 6.07) is 0. The Labute approximate surface area is 156 Å². The highest BCUT2D eigenvalue weighted by Crippen LogP contribution is 2.54. The highest BCUT2D eigenvalue weighted by Gasteiger charge is 2.72. The number of fused-ring (bicyclic) bond motifs is 1. The number of rotatable bonds is 7. The first-order chi connectivity index (χ1) is 12.4. The molecule has 2 heterocycles. The molecule has 0 aromatic heterocycles. The topological polar surface area (TPSA) is 79.2 Å². The summed E-state index contributed by atoms with van der Waals surface area (Å²) in [4.78, 5) is 14.5. The summed E-state index contributed by atoms with van der Waals surface area (Å²) in [6.45, 7) is 4.20. The number of carbonyl (C=O) groups excluding carboxylic acids is 1. The van der Waals surface area contributed by atoms with Crippen LogP contribution < -0.4 is 0 Å². The molecule has 6 atom stereocenters. The average molecular weight is 367 g/mol. The zero-order valence-electron chi connectivity index (χ0n) is 16.2. The highest BCUT2D eigenvalue weighted by atomic mass is 16.7. The van der Waals surface area contributed by atoms with Crippen molar-refractivity contribution in [3.63, 3.8) is 0 Å². The Balaban J connectivity index is 1.89. The van der Waals surface area contributed by atoms with E-state index in [0.717, 1.165) is 32.1 Å². The molecule has 0 radical (unpaired) electrons. The fraction of sp³-hybridized carbons (Fsp3) is 0.850. The molecular weight excluding hydrogens is 334 g/mol. The SMILES string of the molecule is CCCCOC1C[C@H]2C(=O)N(C)[C@](CO)([C@@H](O)[C@@H]3C=CCCC3)[C@@]2(C)O1. The third-order valence-electron chi connectivity index (χ3n) is 6.79. The Morgan fingerprint density at radius 3 is 2.88 bits per heavy atom. The fourth-order valence-electron chi connectivity index (χ4n) is 5.09. The van der Waals surface area contributed by atoms with Crippen molar-refractivity contribution in [2.24, 2.45) is 11.8 Å². The molecule has 2 fully saturated rings. The van der Waals surface area contributed by atoms with Crippen molar-refractivity contribution in [3.8, 4) is 0 Å². The Hall–Kier alpha value is -0.950. The molecule has 6 heteroatoms. The van der Waals surface area contributed by atoms with Crippen molar-refractivity contribution < 1.29 is 24.5 Å². The van der Waals surface area contributed by atoms with E-state index >= 15 is 0 Å². The van der Waals surface area contributed by atoms with Crippen LogP contribution in [0.1, 0.15) is 52.4 Å². The molecule has 0 aromatic rings. The maximum atomic E-state index is 13.0. The molecule has 2 saturated heterocycles. The van der Waals surface area contributed by atoms with Crippen molar-refractivity contribution in [1.29, 1.82) is 0 Å². The molecule has 2 N–H and O–H groups in total. The van der Waals surface area contributed by atoms with Crippen molar-refractivity contribution in [2.45, 2.75) is 75.9 Å². The number of aliphatic hydroxyl groups excluding tert-OH is 2. The van der Waals surface area contributed by atoms with Crippen LogP contribution in [-0.2, 0) is 14.3 Å². The van der Waals surface area contributed by atoms with Crippen LogP contribution in [0.3, 0.4) is 0 Å². The lowest BCUT2D eigenvalue weighted by atomic mass is 9.69. The Bertz CT molecular complexity index is 552. The second kappa shape index (κ2) is 7.58. The number of allylic oxidation sites excluding steroid dienone is 1. The van der Waals surface area contributed by atoms with E-state index in [4.69, 9.17) is 9.47 Å². The molecule has 26 heavy (non-hydrogen) atoms. The number of unbranched alkanes of at least 4 members (excludes halogenated alkanes) is 1. The van der Waals surface area contributed by atoms with E-state index in [0.29, 0.717) is 13.0 Å². The maximum absolute atomic E-state index is 13.0. The van der Waals surface area contributed by atoms with Gasteiger partial charge in [0.15, 0.2) is 6.29 Å². The maximum Gasteiger partial charge on any atom is 0.229 e. The number of hydrogen-bond donors (Lipinski definition) is 2. The molecule has 3 aliphatic rings. The summed E-state index contributed by atoms with van der Waals surface area (Å²) in [5, 5.41) is 21.7. The van der Waals surface area contributed by atoms with E-state index in [-0.39, 0.29) is 18.4 Å².